The molecule has 1 N–H and O–H groups in total. The molecule has 0 unspecified atom stereocenters. The smallest absolute Gasteiger partial charge is 0.228 e. The molecule has 1 saturated heterocycles. The molecule has 0 bridgehead atoms. The van der Waals surface area contributed by atoms with Gasteiger partial charge in [-0.25, -0.2) is 9.97 Å². The summed E-state index contributed by atoms with van der Waals surface area (Å²) in [7, 11) is 4.82. The van der Waals surface area contributed by atoms with Crippen LogP contribution in [0.1, 0.15) is 0 Å². The Morgan fingerprint density at radius 1 is 0.903 bits per heavy atom. The predicted molar refractivity (Wildman–Crippen MR) is 118 cm³/mol. The zero-order valence-corrected chi connectivity index (χ0v) is 17.8. The van der Waals surface area contributed by atoms with Crippen LogP contribution in [-0.4, -0.2) is 62.6 Å². The van der Waals surface area contributed by atoms with E-state index in [1.165, 1.54) is 0 Å². The van der Waals surface area contributed by atoms with Gasteiger partial charge in [-0.3, -0.25) is 0 Å². The van der Waals surface area contributed by atoms with Crippen molar-refractivity contribution < 1.29 is 18.9 Å². The van der Waals surface area contributed by atoms with E-state index in [9.17, 15) is 0 Å². The maximum Gasteiger partial charge on any atom is 0.228 e. The second-order valence-electron chi connectivity index (χ2n) is 6.82. The fourth-order valence-corrected chi connectivity index (χ4v) is 3.29. The lowest BCUT2D eigenvalue weighted by atomic mass is 10.1. The lowest BCUT2D eigenvalue weighted by Gasteiger charge is -2.27. The molecule has 1 aromatic carbocycles. The average Bonchev–Trinajstić information content (AvgIpc) is 2.84. The molecule has 0 aliphatic carbocycles. The van der Waals surface area contributed by atoms with E-state index < -0.39 is 0 Å². The van der Waals surface area contributed by atoms with Gasteiger partial charge in [0.1, 0.15) is 5.82 Å². The quantitative estimate of drug-likeness (QED) is 0.615. The molecule has 162 valence electrons. The highest BCUT2D eigenvalue weighted by Gasteiger charge is 2.17. The molecular weight excluding hydrogens is 398 g/mol. The summed E-state index contributed by atoms with van der Waals surface area (Å²) in [5.74, 6) is 3.12. The summed E-state index contributed by atoms with van der Waals surface area (Å²) in [5, 5.41) is 3.33. The molecule has 3 heterocycles. The van der Waals surface area contributed by atoms with Crippen LogP contribution >= 0.6 is 0 Å². The van der Waals surface area contributed by atoms with E-state index in [0.717, 1.165) is 30.0 Å². The molecule has 0 saturated carbocycles. The van der Waals surface area contributed by atoms with Crippen LogP contribution in [0.3, 0.4) is 0 Å². The Bertz CT molecular complexity index is 1040. The molecule has 0 atom stereocenters. The molecule has 3 aromatic rings. The summed E-state index contributed by atoms with van der Waals surface area (Å²) in [6, 6.07) is 11.3. The first-order chi connectivity index (χ1) is 15.2. The van der Waals surface area contributed by atoms with Gasteiger partial charge in [0.2, 0.25) is 11.8 Å². The third kappa shape index (κ3) is 4.77. The van der Waals surface area contributed by atoms with Gasteiger partial charge >= 0.3 is 0 Å². The van der Waals surface area contributed by atoms with Crippen LogP contribution in [-0.2, 0) is 4.74 Å². The molecular formula is C22H25N5O4. The van der Waals surface area contributed by atoms with Crippen LogP contribution in [0, 0.1) is 0 Å². The Kier molecular flexibility index (Phi) is 6.32. The van der Waals surface area contributed by atoms with E-state index in [-0.39, 0.29) is 0 Å². The van der Waals surface area contributed by atoms with Gasteiger partial charge in [0.05, 0.1) is 40.2 Å². The first kappa shape index (κ1) is 20.7. The number of anilines is 3. The lowest BCUT2D eigenvalue weighted by molar-refractivity contribution is 0.122. The molecule has 0 amide bonds. The van der Waals surface area contributed by atoms with Gasteiger partial charge in [-0.1, -0.05) is 0 Å². The summed E-state index contributed by atoms with van der Waals surface area (Å²) >= 11 is 0. The summed E-state index contributed by atoms with van der Waals surface area (Å²) in [6.45, 7) is 2.76. The van der Waals surface area contributed by atoms with Crippen LogP contribution in [0.5, 0.6) is 17.4 Å². The Hall–Kier alpha value is -3.59. The highest BCUT2D eigenvalue weighted by molar-refractivity contribution is 5.70. The van der Waals surface area contributed by atoms with Crippen molar-refractivity contribution in [3.05, 3.63) is 42.6 Å². The highest BCUT2D eigenvalue weighted by atomic mass is 16.5. The Labute approximate surface area is 181 Å². The molecule has 31 heavy (non-hydrogen) atoms. The largest absolute Gasteiger partial charge is 0.493 e. The number of nitrogens with zero attached hydrogens (tertiary/aromatic N) is 4. The average molecular weight is 423 g/mol. The zero-order valence-electron chi connectivity index (χ0n) is 17.8. The molecule has 2 aromatic heterocycles. The van der Waals surface area contributed by atoms with Gasteiger partial charge in [-0.2, -0.15) is 4.98 Å². The fourth-order valence-electron chi connectivity index (χ4n) is 3.29. The van der Waals surface area contributed by atoms with Crippen LogP contribution < -0.4 is 24.4 Å². The number of methoxy groups -OCH3 is 3. The number of pyridine rings is 1. The monoisotopic (exact) mass is 423 g/mol. The third-order valence-electron chi connectivity index (χ3n) is 4.90. The summed E-state index contributed by atoms with van der Waals surface area (Å²) < 4.78 is 21.5. The molecule has 1 fully saturated rings. The predicted octanol–water partition coefficient (Wildman–Crippen LogP) is 3.14. The van der Waals surface area contributed by atoms with Crippen LogP contribution in [0.4, 0.5) is 17.5 Å². The summed E-state index contributed by atoms with van der Waals surface area (Å²) in [5.41, 5.74) is 2.47. The number of nitrogens with one attached hydrogen (secondary N) is 1. The molecule has 4 rings (SSSR count). The number of rotatable bonds is 7. The first-order valence-corrected chi connectivity index (χ1v) is 9.91. The van der Waals surface area contributed by atoms with Crippen LogP contribution in [0.2, 0.25) is 0 Å². The first-order valence-electron chi connectivity index (χ1n) is 9.91. The normalized spacial score (nSPS) is 13.6. The van der Waals surface area contributed by atoms with E-state index in [1.54, 1.807) is 27.5 Å². The van der Waals surface area contributed by atoms with Gasteiger partial charge in [0, 0.05) is 42.7 Å². The van der Waals surface area contributed by atoms with Crippen molar-refractivity contribution in [3.63, 3.8) is 0 Å². The Morgan fingerprint density at radius 3 is 2.45 bits per heavy atom. The molecule has 9 nitrogen and oxygen atoms in total. The van der Waals surface area contributed by atoms with Crippen molar-refractivity contribution in [1.29, 1.82) is 0 Å². The van der Waals surface area contributed by atoms with E-state index in [1.807, 2.05) is 36.4 Å². The fraction of sp³-hybridized carbons (Fsp3) is 0.318. The van der Waals surface area contributed by atoms with E-state index in [2.05, 4.69) is 15.2 Å². The van der Waals surface area contributed by atoms with Gasteiger partial charge in [0.15, 0.2) is 11.5 Å². The topological polar surface area (TPSA) is 90.9 Å². The molecule has 1 aliphatic rings. The minimum Gasteiger partial charge on any atom is -0.493 e. The third-order valence-corrected chi connectivity index (χ3v) is 4.90. The Morgan fingerprint density at radius 2 is 1.71 bits per heavy atom. The van der Waals surface area contributed by atoms with Crippen molar-refractivity contribution in [3.8, 4) is 28.6 Å². The van der Waals surface area contributed by atoms with Gasteiger partial charge in [0.25, 0.3) is 0 Å². The van der Waals surface area contributed by atoms with Crippen molar-refractivity contribution in [2.24, 2.45) is 0 Å². The highest BCUT2D eigenvalue weighted by Crippen LogP contribution is 2.33. The van der Waals surface area contributed by atoms with Crippen molar-refractivity contribution >= 4 is 17.5 Å². The lowest BCUT2D eigenvalue weighted by Crippen LogP contribution is -2.37. The molecule has 0 spiro atoms. The summed E-state index contributed by atoms with van der Waals surface area (Å²) in [4.78, 5) is 15.8. The zero-order chi connectivity index (χ0) is 21.6. The number of aromatic nitrogens is 3. The maximum atomic E-state index is 5.48. The maximum absolute atomic E-state index is 5.48. The number of morpholine rings is 1. The number of hydrogen-bond donors (Lipinski definition) is 1. The second-order valence-corrected chi connectivity index (χ2v) is 6.82. The standard InChI is InChI=1S/C22H25N5O4/c1-28-18-5-4-15(12-19(18)29-2)17-14-20(24-16-6-7-23-21(13-16)30-3)26-22(25-17)27-8-10-31-11-9-27/h4-7,12-14H,8-11H2,1-3H3,(H,23,24,25,26). The molecule has 9 heteroatoms. The summed E-state index contributed by atoms with van der Waals surface area (Å²) in [6.07, 6.45) is 1.68. The second kappa shape index (κ2) is 9.48. The van der Waals surface area contributed by atoms with Gasteiger partial charge in [-0.15, -0.1) is 0 Å². The van der Waals surface area contributed by atoms with Crippen molar-refractivity contribution in [2.45, 2.75) is 0 Å². The number of benzene rings is 1. The number of hydrogen-bond acceptors (Lipinski definition) is 9. The van der Waals surface area contributed by atoms with Gasteiger partial charge in [-0.05, 0) is 24.3 Å². The van der Waals surface area contributed by atoms with E-state index in [0.29, 0.717) is 42.4 Å². The van der Waals surface area contributed by atoms with Gasteiger partial charge < -0.3 is 29.2 Å². The SMILES string of the molecule is COc1cc(Nc2cc(-c3ccc(OC)c(OC)c3)nc(N3CCOCC3)n2)ccn1. The molecule has 1 aliphatic heterocycles. The minimum atomic E-state index is 0.521. The van der Waals surface area contributed by atoms with E-state index in [4.69, 9.17) is 28.9 Å². The Balaban J connectivity index is 1.74. The minimum absolute atomic E-state index is 0.521. The van der Waals surface area contributed by atoms with Crippen LogP contribution in [0.25, 0.3) is 11.3 Å². The number of ether oxygens (including phenoxy) is 4. The molecule has 0 radical (unpaired) electrons. The van der Waals surface area contributed by atoms with Crippen molar-refractivity contribution in [2.75, 3.05) is 57.8 Å². The van der Waals surface area contributed by atoms with Crippen molar-refractivity contribution in [1.82, 2.24) is 15.0 Å². The van der Waals surface area contributed by atoms with E-state index >= 15 is 0 Å². The van der Waals surface area contributed by atoms with Crippen LogP contribution in [0.15, 0.2) is 42.6 Å².